The molecule has 1 aromatic heterocycles. The van der Waals surface area contributed by atoms with Gasteiger partial charge in [-0.1, -0.05) is 58.1 Å². The van der Waals surface area contributed by atoms with Gasteiger partial charge in [-0.2, -0.15) is 0 Å². The van der Waals surface area contributed by atoms with Crippen molar-refractivity contribution in [1.29, 1.82) is 0 Å². The predicted octanol–water partition coefficient (Wildman–Crippen LogP) is 6.42. The molecule has 0 aliphatic heterocycles. The van der Waals surface area contributed by atoms with Gasteiger partial charge in [0, 0.05) is 30.4 Å². The highest BCUT2D eigenvalue weighted by atomic mass is 16.5. The van der Waals surface area contributed by atoms with E-state index in [1.807, 2.05) is 12.1 Å². The second-order valence-corrected chi connectivity index (χ2v) is 8.98. The molecule has 4 heteroatoms. The molecule has 0 saturated heterocycles. The Labute approximate surface area is 188 Å². The minimum Gasteiger partial charge on any atom is -0.497 e. The summed E-state index contributed by atoms with van der Waals surface area (Å²) in [5.74, 6) is 1.41. The number of amides is 1. The molecule has 1 unspecified atom stereocenters. The molecule has 2 aromatic rings. The Hall–Kier alpha value is -2.23. The van der Waals surface area contributed by atoms with Crippen LogP contribution >= 0.6 is 0 Å². The van der Waals surface area contributed by atoms with E-state index in [4.69, 9.17) is 4.74 Å². The molecule has 31 heavy (non-hydrogen) atoms. The van der Waals surface area contributed by atoms with Crippen LogP contribution in [0.25, 0.3) is 0 Å². The van der Waals surface area contributed by atoms with Crippen LogP contribution in [0.15, 0.2) is 42.6 Å². The third-order valence-corrected chi connectivity index (χ3v) is 6.79. The zero-order valence-electron chi connectivity index (χ0n) is 19.7. The average Bonchev–Trinajstić information content (AvgIpc) is 3.25. The second-order valence-electron chi connectivity index (χ2n) is 8.98. The van der Waals surface area contributed by atoms with Gasteiger partial charge in [-0.05, 0) is 55.5 Å². The lowest BCUT2D eigenvalue weighted by Crippen LogP contribution is -2.44. The molecule has 1 fully saturated rings. The molecule has 1 atom stereocenters. The van der Waals surface area contributed by atoms with Crippen LogP contribution in [-0.4, -0.2) is 28.5 Å². The van der Waals surface area contributed by atoms with Gasteiger partial charge in [-0.3, -0.25) is 4.79 Å². The fourth-order valence-corrected chi connectivity index (χ4v) is 4.86. The fourth-order valence-electron chi connectivity index (χ4n) is 4.86. The van der Waals surface area contributed by atoms with Gasteiger partial charge in [0.2, 0.25) is 5.91 Å². The number of carbonyl (C=O) groups excluding carboxylic acids is 1. The Balaban J connectivity index is 1.79. The predicted molar refractivity (Wildman–Crippen MR) is 127 cm³/mol. The number of aromatic nitrogens is 1. The Kier molecular flexibility index (Phi) is 9.05. The molecule has 1 heterocycles. The van der Waals surface area contributed by atoms with Crippen molar-refractivity contribution in [1.82, 2.24) is 9.47 Å². The van der Waals surface area contributed by atoms with Crippen LogP contribution < -0.4 is 4.74 Å². The van der Waals surface area contributed by atoms with Crippen LogP contribution in [0.5, 0.6) is 5.75 Å². The first-order valence-corrected chi connectivity index (χ1v) is 12.2. The fraction of sp³-hybridized carbons (Fsp3) is 0.593. The minimum atomic E-state index is 0.156. The topological polar surface area (TPSA) is 34.5 Å². The van der Waals surface area contributed by atoms with E-state index >= 15 is 0 Å². The number of benzene rings is 1. The molecule has 1 amide bonds. The molecule has 0 bridgehead atoms. The summed E-state index contributed by atoms with van der Waals surface area (Å²) < 4.78 is 7.67. The van der Waals surface area contributed by atoms with Crippen LogP contribution in [0.1, 0.15) is 82.9 Å². The maximum absolute atomic E-state index is 13.7. The largest absolute Gasteiger partial charge is 0.497 e. The summed E-state index contributed by atoms with van der Waals surface area (Å²) in [6.45, 7) is 5.88. The summed E-state index contributed by atoms with van der Waals surface area (Å²) in [5, 5.41) is 0. The second kappa shape index (κ2) is 12.0. The van der Waals surface area contributed by atoms with Crippen LogP contribution in [0, 0.1) is 5.92 Å². The standard InChI is InChI=1S/C27H40N2O2/c1-4-6-13-23(5-2)27(30)29(24-14-8-7-9-15-24)21-25-16-11-18-28(25)20-22-12-10-17-26(19-22)31-3/h10-12,16-19,23-24H,4-9,13-15,20-21H2,1-3H3. The number of unbranched alkanes of at least 4 members (excludes halogenated alkanes) is 1. The van der Waals surface area contributed by atoms with Crippen LogP contribution in [-0.2, 0) is 17.9 Å². The van der Waals surface area contributed by atoms with Crippen molar-refractivity contribution in [2.45, 2.75) is 90.8 Å². The number of nitrogens with zero attached hydrogens (tertiary/aromatic N) is 2. The van der Waals surface area contributed by atoms with Gasteiger partial charge < -0.3 is 14.2 Å². The van der Waals surface area contributed by atoms with E-state index in [9.17, 15) is 4.79 Å². The van der Waals surface area contributed by atoms with Crippen molar-refractivity contribution in [2.24, 2.45) is 5.92 Å². The molecule has 3 rings (SSSR count). The highest BCUT2D eigenvalue weighted by molar-refractivity contribution is 5.79. The lowest BCUT2D eigenvalue weighted by Gasteiger charge is -2.37. The van der Waals surface area contributed by atoms with Crippen LogP contribution in [0.2, 0.25) is 0 Å². The summed E-state index contributed by atoms with van der Waals surface area (Å²) in [7, 11) is 1.70. The third kappa shape index (κ3) is 6.38. The first-order chi connectivity index (χ1) is 15.2. The van der Waals surface area contributed by atoms with Gasteiger partial charge in [-0.15, -0.1) is 0 Å². The van der Waals surface area contributed by atoms with E-state index in [0.717, 1.165) is 50.8 Å². The Morgan fingerprint density at radius 3 is 2.68 bits per heavy atom. The van der Waals surface area contributed by atoms with Gasteiger partial charge in [0.1, 0.15) is 5.75 Å². The summed E-state index contributed by atoms with van der Waals surface area (Å²) in [5.41, 5.74) is 2.42. The highest BCUT2D eigenvalue weighted by Crippen LogP contribution is 2.28. The number of hydrogen-bond acceptors (Lipinski definition) is 2. The summed E-state index contributed by atoms with van der Waals surface area (Å²) in [6.07, 6.45) is 12.4. The quantitative estimate of drug-likeness (QED) is 0.417. The van der Waals surface area contributed by atoms with Crippen molar-refractivity contribution < 1.29 is 9.53 Å². The molecule has 0 N–H and O–H groups in total. The smallest absolute Gasteiger partial charge is 0.226 e. The maximum Gasteiger partial charge on any atom is 0.226 e. The molecule has 1 saturated carbocycles. The highest BCUT2D eigenvalue weighted by Gasteiger charge is 2.30. The van der Waals surface area contributed by atoms with Gasteiger partial charge in [0.05, 0.1) is 13.7 Å². The third-order valence-electron chi connectivity index (χ3n) is 6.79. The van der Waals surface area contributed by atoms with Crippen LogP contribution in [0.3, 0.4) is 0 Å². The van der Waals surface area contributed by atoms with E-state index in [1.54, 1.807) is 7.11 Å². The maximum atomic E-state index is 13.7. The molecule has 0 radical (unpaired) electrons. The Bertz CT molecular complexity index is 807. The number of rotatable bonds is 11. The van der Waals surface area contributed by atoms with E-state index in [2.05, 4.69) is 53.8 Å². The first-order valence-electron chi connectivity index (χ1n) is 12.2. The minimum absolute atomic E-state index is 0.156. The normalized spacial score (nSPS) is 15.6. The van der Waals surface area contributed by atoms with Crippen LogP contribution in [0.4, 0.5) is 0 Å². The number of ether oxygens (including phenoxy) is 1. The first kappa shape index (κ1) is 23.4. The average molecular weight is 425 g/mol. The lowest BCUT2D eigenvalue weighted by atomic mass is 9.91. The van der Waals surface area contributed by atoms with Crippen molar-refractivity contribution in [3.8, 4) is 5.75 Å². The van der Waals surface area contributed by atoms with Crippen molar-refractivity contribution in [2.75, 3.05) is 7.11 Å². The molecule has 170 valence electrons. The molecule has 1 aliphatic carbocycles. The zero-order chi connectivity index (χ0) is 22.1. The lowest BCUT2D eigenvalue weighted by molar-refractivity contribution is -0.140. The SMILES string of the molecule is CCCCC(CC)C(=O)N(Cc1cccn1Cc1cccc(OC)c1)C1CCCCC1. The van der Waals surface area contributed by atoms with Crippen molar-refractivity contribution in [3.05, 3.63) is 53.9 Å². The molecule has 1 aromatic carbocycles. The molecule has 0 spiro atoms. The Morgan fingerprint density at radius 2 is 1.97 bits per heavy atom. The zero-order valence-corrected chi connectivity index (χ0v) is 19.7. The van der Waals surface area contributed by atoms with E-state index < -0.39 is 0 Å². The molecular weight excluding hydrogens is 384 g/mol. The number of carbonyl (C=O) groups is 1. The van der Waals surface area contributed by atoms with Crippen molar-refractivity contribution in [3.63, 3.8) is 0 Å². The summed E-state index contributed by atoms with van der Waals surface area (Å²) in [6, 6.07) is 12.9. The monoisotopic (exact) mass is 424 g/mol. The number of methoxy groups -OCH3 is 1. The van der Waals surface area contributed by atoms with Crippen molar-refractivity contribution >= 4 is 5.91 Å². The van der Waals surface area contributed by atoms with E-state index in [0.29, 0.717) is 18.5 Å². The van der Waals surface area contributed by atoms with Gasteiger partial charge in [0.15, 0.2) is 0 Å². The van der Waals surface area contributed by atoms with E-state index in [-0.39, 0.29) is 5.92 Å². The van der Waals surface area contributed by atoms with Gasteiger partial charge >= 0.3 is 0 Å². The molecular formula is C27H40N2O2. The van der Waals surface area contributed by atoms with E-state index in [1.165, 1.54) is 30.5 Å². The summed E-state index contributed by atoms with van der Waals surface area (Å²) >= 11 is 0. The van der Waals surface area contributed by atoms with Gasteiger partial charge in [-0.25, -0.2) is 0 Å². The molecule has 4 nitrogen and oxygen atoms in total. The number of hydrogen-bond donors (Lipinski definition) is 0. The van der Waals surface area contributed by atoms with Gasteiger partial charge in [0.25, 0.3) is 0 Å². The Morgan fingerprint density at radius 1 is 1.16 bits per heavy atom. The summed E-state index contributed by atoms with van der Waals surface area (Å²) in [4.78, 5) is 15.9. The molecule has 1 aliphatic rings.